The molecule has 1 amide bonds. The average molecular weight is 265 g/mol. The van der Waals surface area contributed by atoms with Crippen LogP contribution >= 0.6 is 0 Å². The summed E-state index contributed by atoms with van der Waals surface area (Å²) in [6, 6.07) is 3.96. The highest BCUT2D eigenvalue weighted by atomic mass is 16.5. The van der Waals surface area contributed by atoms with Gasteiger partial charge in [0.05, 0.1) is 12.2 Å². The van der Waals surface area contributed by atoms with Crippen LogP contribution in [0.4, 0.5) is 0 Å². The lowest BCUT2D eigenvalue weighted by Crippen LogP contribution is -2.24. The van der Waals surface area contributed by atoms with Gasteiger partial charge in [-0.3, -0.25) is 4.79 Å². The second-order valence-corrected chi connectivity index (χ2v) is 4.90. The Morgan fingerprint density at radius 3 is 2.68 bits per heavy atom. The van der Waals surface area contributed by atoms with Crippen molar-refractivity contribution < 1.29 is 9.53 Å². The first-order valence-corrected chi connectivity index (χ1v) is 6.54. The molecule has 1 aromatic rings. The summed E-state index contributed by atoms with van der Waals surface area (Å²) in [5.41, 5.74) is 0.568. The number of carbonyl (C=O) groups excluding carboxylic acids is 1. The zero-order chi connectivity index (χ0) is 14.3. The lowest BCUT2D eigenvalue weighted by Gasteiger charge is -2.11. The minimum atomic E-state index is -0.0554. The largest absolute Gasteiger partial charge is 0.478 e. The van der Waals surface area contributed by atoms with Crippen molar-refractivity contribution in [2.45, 2.75) is 26.3 Å². The van der Waals surface area contributed by atoms with E-state index in [-0.39, 0.29) is 5.91 Å². The van der Waals surface area contributed by atoms with Crippen LogP contribution in [-0.2, 0) is 0 Å². The first-order valence-electron chi connectivity index (χ1n) is 6.54. The van der Waals surface area contributed by atoms with Gasteiger partial charge in [-0.1, -0.05) is 13.8 Å². The molecule has 0 bridgehead atoms. The fourth-order valence-corrected chi connectivity index (χ4v) is 1.49. The average Bonchev–Trinajstić information content (AvgIpc) is 2.37. The van der Waals surface area contributed by atoms with E-state index < -0.39 is 0 Å². The van der Waals surface area contributed by atoms with Crippen LogP contribution in [0.1, 0.15) is 30.6 Å². The molecule has 106 valence electrons. The Bertz CT molecular complexity index is 388. The molecule has 0 saturated heterocycles. The number of nitrogens with one attached hydrogen (secondary N) is 1. The van der Waals surface area contributed by atoms with Gasteiger partial charge in [-0.2, -0.15) is 0 Å². The zero-order valence-corrected chi connectivity index (χ0v) is 12.1. The maximum absolute atomic E-state index is 11.7. The van der Waals surface area contributed by atoms with Crippen molar-refractivity contribution in [1.29, 1.82) is 0 Å². The van der Waals surface area contributed by atoms with E-state index in [1.165, 1.54) is 4.90 Å². The Morgan fingerprint density at radius 2 is 2.16 bits per heavy atom. The summed E-state index contributed by atoms with van der Waals surface area (Å²) in [6.07, 6.45) is 2.47. The number of rotatable bonds is 7. The highest BCUT2D eigenvalue weighted by Gasteiger charge is 2.08. The van der Waals surface area contributed by atoms with E-state index in [0.717, 1.165) is 13.0 Å². The molecular formula is C14H23N3O2. The van der Waals surface area contributed by atoms with E-state index in [2.05, 4.69) is 24.1 Å². The van der Waals surface area contributed by atoms with E-state index in [0.29, 0.717) is 24.1 Å². The second-order valence-electron chi connectivity index (χ2n) is 4.90. The van der Waals surface area contributed by atoms with Crippen LogP contribution in [0.5, 0.6) is 5.88 Å². The van der Waals surface area contributed by atoms with Gasteiger partial charge in [0.2, 0.25) is 5.88 Å². The third kappa shape index (κ3) is 5.70. The van der Waals surface area contributed by atoms with Crippen molar-refractivity contribution in [2.75, 3.05) is 27.2 Å². The Morgan fingerprint density at radius 1 is 1.42 bits per heavy atom. The van der Waals surface area contributed by atoms with Gasteiger partial charge in [0.15, 0.2) is 0 Å². The molecule has 0 radical (unpaired) electrons. The third-order valence-electron chi connectivity index (χ3n) is 2.51. The predicted molar refractivity (Wildman–Crippen MR) is 75.5 cm³/mol. The first kappa shape index (κ1) is 15.4. The van der Waals surface area contributed by atoms with E-state index in [1.54, 1.807) is 32.4 Å². The highest BCUT2D eigenvalue weighted by molar-refractivity contribution is 5.93. The van der Waals surface area contributed by atoms with Crippen molar-refractivity contribution in [3.05, 3.63) is 23.9 Å². The number of nitrogens with zero attached hydrogens (tertiary/aromatic N) is 2. The molecule has 0 fully saturated rings. The number of hydrogen-bond acceptors (Lipinski definition) is 4. The predicted octanol–water partition coefficient (Wildman–Crippen LogP) is 1.55. The van der Waals surface area contributed by atoms with Gasteiger partial charge in [-0.15, -0.1) is 0 Å². The number of aromatic nitrogens is 1. The van der Waals surface area contributed by atoms with Crippen LogP contribution in [0.25, 0.3) is 0 Å². The minimum Gasteiger partial charge on any atom is -0.478 e. The molecule has 0 spiro atoms. The first-order chi connectivity index (χ1) is 9.00. The van der Waals surface area contributed by atoms with Gasteiger partial charge < -0.3 is 15.0 Å². The fraction of sp³-hybridized carbons (Fsp3) is 0.571. The van der Waals surface area contributed by atoms with E-state index >= 15 is 0 Å². The smallest absolute Gasteiger partial charge is 0.254 e. The quantitative estimate of drug-likeness (QED) is 0.760. The van der Waals surface area contributed by atoms with Crippen molar-refractivity contribution in [1.82, 2.24) is 15.2 Å². The molecule has 0 atom stereocenters. The number of carbonyl (C=O) groups is 1. The van der Waals surface area contributed by atoms with Crippen molar-refractivity contribution >= 4 is 5.91 Å². The zero-order valence-electron chi connectivity index (χ0n) is 12.1. The molecule has 0 aliphatic rings. The maximum atomic E-state index is 11.7. The number of hydrogen-bond donors (Lipinski definition) is 1. The molecule has 0 aliphatic heterocycles. The standard InChI is InChI=1S/C14H23N3O2/c1-11(2)15-8-5-9-19-13-7-6-12(10-16-13)14(18)17(3)4/h6-7,10-11,15H,5,8-9H2,1-4H3. The molecule has 0 aromatic carbocycles. The Kier molecular flexibility index (Phi) is 6.29. The summed E-state index contributed by atoms with van der Waals surface area (Å²) in [6.45, 7) is 5.77. The Labute approximate surface area is 115 Å². The monoisotopic (exact) mass is 265 g/mol. The van der Waals surface area contributed by atoms with Crippen LogP contribution in [0.3, 0.4) is 0 Å². The number of amides is 1. The van der Waals surface area contributed by atoms with Gasteiger partial charge in [0.25, 0.3) is 5.91 Å². The van der Waals surface area contributed by atoms with Crippen LogP contribution in [-0.4, -0.2) is 49.1 Å². The molecule has 0 aliphatic carbocycles. The normalized spacial score (nSPS) is 10.6. The SMILES string of the molecule is CC(C)NCCCOc1ccc(C(=O)N(C)C)cn1. The molecule has 1 aromatic heterocycles. The third-order valence-corrected chi connectivity index (χ3v) is 2.51. The molecular weight excluding hydrogens is 242 g/mol. The van der Waals surface area contributed by atoms with Crippen molar-refractivity contribution in [2.24, 2.45) is 0 Å². The van der Waals surface area contributed by atoms with Crippen LogP contribution in [0.15, 0.2) is 18.3 Å². The van der Waals surface area contributed by atoms with Gasteiger partial charge in [-0.05, 0) is 19.0 Å². The maximum Gasteiger partial charge on any atom is 0.254 e. The summed E-state index contributed by atoms with van der Waals surface area (Å²) in [7, 11) is 3.43. The van der Waals surface area contributed by atoms with Gasteiger partial charge in [0, 0.05) is 32.4 Å². The van der Waals surface area contributed by atoms with Crippen LogP contribution in [0.2, 0.25) is 0 Å². The molecule has 19 heavy (non-hydrogen) atoms. The molecule has 1 N–H and O–H groups in total. The van der Waals surface area contributed by atoms with Crippen LogP contribution < -0.4 is 10.1 Å². The fourth-order valence-electron chi connectivity index (χ4n) is 1.49. The van der Waals surface area contributed by atoms with E-state index in [9.17, 15) is 4.79 Å². The summed E-state index contributed by atoms with van der Waals surface area (Å²) < 4.78 is 5.51. The molecule has 0 unspecified atom stereocenters. The minimum absolute atomic E-state index is 0.0554. The van der Waals surface area contributed by atoms with E-state index in [4.69, 9.17) is 4.74 Å². The summed E-state index contributed by atoms with van der Waals surface area (Å²) >= 11 is 0. The summed E-state index contributed by atoms with van der Waals surface area (Å²) in [5, 5.41) is 3.32. The number of pyridine rings is 1. The van der Waals surface area contributed by atoms with E-state index in [1.807, 2.05) is 0 Å². The molecule has 0 saturated carbocycles. The van der Waals surface area contributed by atoms with Gasteiger partial charge in [-0.25, -0.2) is 4.98 Å². The van der Waals surface area contributed by atoms with Gasteiger partial charge in [0.1, 0.15) is 0 Å². The lowest BCUT2D eigenvalue weighted by atomic mass is 10.2. The Hall–Kier alpha value is -1.62. The van der Waals surface area contributed by atoms with Crippen LogP contribution in [0, 0.1) is 0 Å². The molecule has 5 nitrogen and oxygen atoms in total. The highest BCUT2D eigenvalue weighted by Crippen LogP contribution is 2.09. The lowest BCUT2D eigenvalue weighted by molar-refractivity contribution is 0.0827. The Balaban J connectivity index is 2.34. The topological polar surface area (TPSA) is 54.5 Å². The summed E-state index contributed by atoms with van der Waals surface area (Å²) in [4.78, 5) is 17.3. The summed E-state index contributed by atoms with van der Waals surface area (Å²) in [5.74, 6) is 0.500. The number of ether oxygens (including phenoxy) is 1. The van der Waals surface area contributed by atoms with Crippen molar-refractivity contribution in [3.8, 4) is 5.88 Å². The van der Waals surface area contributed by atoms with Gasteiger partial charge >= 0.3 is 0 Å². The second kappa shape index (κ2) is 7.74. The molecule has 5 heteroatoms. The van der Waals surface area contributed by atoms with Crippen molar-refractivity contribution in [3.63, 3.8) is 0 Å². The molecule has 1 heterocycles. The molecule has 1 rings (SSSR count).